The molecule has 2 unspecified atom stereocenters. The van der Waals surface area contributed by atoms with Crippen molar-refractivity contribution in [3.8, 4) is 0 Å². The number of carbonyl (C=O) groups is 4. The van der Waals surface area contributed by atoms with Crippen molar-refractivity contribution in [3.63, 3.8) is 0 Å². The number of piperidine rings is 1. The number of pyridine rings is 1. The van der Waals surface area contributed by atoms with Gasteiger partial charge in [0, 0.05) is 55.6 Å². The lowest BCUT2D eigenvalue weighted by Crippen LogP contribution is -2.46. The lowest BCUT2D eigenvalue weighted by atomic mass is 10.1. The number of hydrogen-bond donors (Lipinski definition) is 3. The monoisotopic (exact) mass is 752 g/mol. The van der Waals surface area contributed by atoms with Crippen LogP contribution in [0.3, 0.4) is 0 Å². The summed E-state index contributed by atoms with van der Waals surface area (Å²) in [6, 6.07) is 7.38. The average Bonchev–Trinajstić information content (AvgIpc) is 3.79. The van der Waals surface area contributed by atoms with Crippen LogP contribution < -0.4 is 21.3 Å². The maximum atomic E-state index is 13.1. The Morgan fingerprint density at radius 3 is 2.40 bits per heavy atom. The number of nitrogens with zero attached hydrogens (tertiary/aromatic N) is 5. The fraction of sp³-hybridized carbons (Fsp3) is 0.528. The Labute approximate surface area is 311 Å². The molecule has 2 aliphatic heterocycles. The molecule has 0 radical (unpaired) electrons. The third-order valence-electron chi connectivity index (χ3n) is 9.52. The van der Waals surface area contributed by atoms with E-state index in [1.165, 1.54) is 6.34 Å². The first-order valence-electron chi connectivity index (χ1n) is 18.1. The van der Waals surface area contributed by atoms with Crippen molar-refractivity contribution >= 4 is 60.0 Å². The molecule has 5 rings (SSSR count). The van der Waals surface area contributed by atoms with Gasteiger partial charge in [-0.3, -0.25) is 28.8 Å². The fourth-order valence-corrected chi connectivity index (χ4v) is 7.83. The third kappa shape index (κ3) is 10.2. The standard InChI is InChI=1S/C36H48N8O8S/c37-25-40-34-26(10-11-32(47)43(34)28-5-1-2-6-28)23-39-27-12-16-42(17-13-27)53(50)41-15-20-52-22-21-51-19-14-38-31-9-3-8-30-33(31)36(49)44(35(30)48)29(24-46)7-4-18-45/h3,8-11,18,23-25,27-29,38,41H,1-2,4-7,12-17,19-22H2,(H2,37,40)/b39-23-. The summed E-state index contributed by atoms with van der Waals surface area (Å²) in [4.78, 5) is 71.0. The van der Waals surface area contributed by atoms with Crippen molar-refractivity contribution in [2.75, 3.05) is 57.9 Å². The van der Waals surface area contributed by atoms with Crippen molar-refractivity contribution in [3.05, 3.63) is 57.4 Å². The number of nitrogens with one attached hydrogen (secondary N) is 2. The molecule has 0 bridgehead atoms. The Balaban J connectivity index is 0.948. The number of amides is 2. The van der Waals surface area contributed by atoms with E-state index in [4.69, 9.17) is 20.2 Å². The predicted molar refractivity (Wildman–Crippen MR) is 201 cm³/mol. The van der Waals surface area contributed by atoms with E-state index in [2.05, 4.69) is 15.0 Å². The van der Waals surface area contributed by atoms with Crippen molar-refractivity contribution in [1.29, 1.82) is 0 Å². The zero-order chi connectivity index (χ0) is 37.6. The van der Waals surface area contributed by atoms with E-state index < -0.39 is 29.4 Å². The smallest absolute Gasteiger partial charge is 0.264 e. The molecule has 4 N–H and O–H groups in total. The molecule has 53 heavy (non-hydrogen) atoms. The van der Waals surface area contributed by atoms with Gasteiger partial charge in [-0.2, -0.15) is 0 Å². The molecule has 1 saturated carbocycles. The zero-order valence-electron chi connectivity index (χ0n) is 29.7. The maximum absolute atomic E-state index is 13.1. The predicted octanol–water partition coefficient (Wildman–Crippen LogP) is 1.92. The largest absolute Gasteiger partial charge is 0.579 e. The number of carbonyl (C=O) groups excluding carboxylic acids is 4. The number of benzene rings is 1. The first kappa shape index (κ1) is 39.9. The average molecular weight is 753 g/mol. The minimum atomic E-state index is -1.36. The van der Waals surface area contributed by atoms with Gasteiger partial charge in [0.1, 0.15) is 29.9 Å². The SMILES string of the molecule is N/C=N/c1c(/C=N\C2CCN([S+]([O-])NCCOCCOCCNc3cccc4c3C(=O)N(C(C=O)CCC=O)C4=O)CC2)ccc(=O)n1C1CCCC1. The molecule has 1 saturated heterocycles. The molecule has 3 heterocycles. The molecule has 17 heteroatoms. The summed E-state index contributed by atoms with van der Waals surface area (Å²) in [7, 11) is 0. The van der Waals surface area contributed by atoms with E-state index in [0.717, 1.165) is 49.0 Å². The molecule has 1 aromatic carbocycles. The van der Waals surface area contributed by atoms with Crippen LogP contribution in [0.1, 0.15) is 83.7 Å². The normalized spacial score (nSPS) is 18.3. The van der Waals surface area contributed by atoms with E-state index in [0.29, 0.717) is 76.7 Å². The number of anilines is 1. The minimum absolute atomic E-state index is 0.0628. The molecular weight excluding hydrogens is 705 g/mol. The summed E-state index contributed by atoms with van der Waals surface area (Å²) in [5, 5.41) is 3.12. The molecule has 0 spiro atoms. The quantitative estimate of drug-likeness (QED) is 0.0417. The van der Waals surface area contributed by atoms with Gasteiger partial charge < -0.3 is 34.7 Å². The highest BCUT2D eigenvalue weighted by Gasteiger charge is 2.41. The Morgan fingerprint density at radius 2 is 1.70 bits per heavy atom. The molecule has 16 nitrogen and oxygen atoms in total. The number of aliphatic imine (C=N–C) groups is 2. The Morgan fingerprint density at radius 1 is 0.962 bits per heavy atom. The summed E-state index contributed by atoms with van der Waals surface area (Å²) in [6.07, 6.45) is 9.87. The van der Waals surface area contributed by atoms with E-state index in [-0.39, 0.29) is 41.6 Å². The second-order valence-electron chi connectivity index (χ2n) is 12.9. The molecule has 1 aromatic heterocycles. The van der Waals surface area contributed by atoms with E-state index in [1.54, 1.807) is 41.1 Å². The second kappa shape index (κ2) is 20.3. The van der Waals surface area contributed by atoms with Crippen LogP contribution in [-0.2, 0) is 30.6 Å². The molecule has 2 atom stereocenters. The summed E-state index contributed by atoms with van der Waals surface area (Å²) < 4.78 is 30.7. The number of aldehydes is 2. The van der Waals surface area contributed by atoms with Crippen LogP contribution in [0.15, 0.2) is 45.1 Å². The van der Waals surface area contributed by atoms with Crippen molar-refractivity contribution in [2.45, 2.75) is 69.5 Å². The number of imide groups is 1. The van der Waals surface area contributed by atoms with Crippen molar-refractivity contribution in [1.82, 2.24) is 18.5 Å². The first-order valence-corrected chi connectivity index (χ1v) is 19.2. The maximum Gasteiger partial charge on any atom is 0.264 e. The first-order chi connectivity index (χ1) is 25.9. The van der Waals surface area contributed by atoms with Crippen molar-refractivity contribution in [2.24, 2.45) is 15.7 Å². The fourth-order valence-electron chi connectivity index (χ4n) is 6.85. The molecule has 1 aliphatic carbocycles. The van der Waals surface area contributed by atoms with Crippen LogP contribution in [0.5, 0.6) is 0 Å². The highest BCUT2D eigenvalue weighted by molar-refractivity contribution is 7.87. The summed E-state index contributed by atoms with van der Waals surface area (Å²) in [5.74, 6) is -0.583. The number of nitrogens with two attached hydrogens (primary N) is 1. The second-order valence-corrected chi connectivity index (χ2v) is 14.2. The topological polar surface area (TPSA) is 213 Å². The Bertz CT molecular complexity index is 1690. The minimum Gasteiger partial charge on any atom is -0.579 e. The number of aromatic nitrogens is 1. The zero-order valence-corrected chi connectivity index (χ0v) is 30.5. The number of rotatable bonds is 21. The molecule has 2 amide bonds. The summed E-state index contributed by atoms with van der Waals surface area (Å²) in [6.45, 7) is 3.33. The molecule has 3 aliphatic rings. The number of fused-ring (bicyclic) bond motifs is 1. The summed E-state index contributed by atoms with van der Waals surface area (Å²) >= 11 is -1.36. The van der Waals surface area contributed by atoms with Crippen LogP contribution in [0, 0.1) is 0 Å². The van der Waals surface area contributed by atoms with Crippen molar-refractivity contribution < 1.29 is 33.2 Å². The highest BCUT2D eigenvalue weighted by atomic mass is 32.2. The Hall–Kier alpha value is -4.26. The van der Waals surface area contributed by atoms with Crippen LogP contribution >= 0.6 is 0 Å². The van der Waals surface area contributed by atoms with Gasteiger partial charge in [0.2, 0.25) is 0 Å². The van der Waals surface area contributed by atoms with Crippen LogP contribution in [-0.4, -0.2) is 120 Å². The van der Waals surface area contributed by atoms with Crippen LogP contribution in [0.4, 0.5) is 11.5 Å². The van der Waals surface area contributed by atoms with E-state index in [1.807, 2.05) is 4.31 Å². The van der Waals surface area contributed by atoms with E-state index in [9.17, 15) is 28.5 Å². The van der Waals surface area contributed by atoms with Gasteiger partial charge in [0.15, 0.2) is 0 Å². The lowest BCUT2D eigenvalue weighted by molar-refractivity contribution is -0.112. The van der Waals surface area contributed by atoms with Gasteiger partial charge in [-0.05, 0) is 50.3 Å². The van der Waals surface area contributed by atoms with Gasteiger partial charge in [0.05, 0.1) is 62.5 Å². The number of hydrogen-bond acceptors (Lipinski definition) is 13. The third-order valence-corrected chi connectivity index (χ3v) is 10.8. The highest BCUT2D eigenvalue weighted by Crippen LogP contribution is 2.33. The Kier molecular flexibility index (Phi) is 15.3. The van der Waals surface area contributed by atoms with Gasteiger partial charge in [-0.25, -0.2) is 4.99 Å². The molecular formula is C36H48N8O8S. The molecule has 2 fully saturated rings. The van der Waals surface area contributed by atoms with Crippen LogP contribution in [0.25, 0.3) is 0 Å². The molecule has 286 valence electrons. The molecule has 2 aromatic rings. The van der Waals surface area contributed by atoms with Gasteiger partial charge >= 0.3 is 0 Å². The van der Waals surface area contributed by atoms with Crippen LogP contribution in [0.2, 0.25) is 0 Å². The van der Waals surface area contributed by atoms with Gasteiger partial charge in [-0.1, -0.05) is 18.9 Å². The van der Waals surface area contributed by atoms with Gasteiger partial charge in [0.25, 0.3) is 17.4 Å². The summed E-state index contributed by atoms with van der Waals surface area (Å²) in [5.41, 5.74) is 7.18. The van der Waals surface area contributed by atoms with E-state index >= 15 is 0 Å². The lowest BCUT2D eigenvalue weighted by Gasteiger charge is -2.29. The van der Waals surface area contributed by atoms with Gasteiger partial charge in [-0.15, -0.1) is 9.03 Å². The number of ether oxygens (including phenoxy) is 2.